The molecule has 272 valence electrons. The summed E-state index contributed by atoms with van der Waals surface area (Å²) in [6.07, 6.45) is 0.940. The number of hydrogen-bond acceptors (Lipinski definition) is 6. The molecule has 0 unspecified atom stereocenters. The monoisotopic (exact) mass is 735 g/mol. The molecule has 0 aliphatic carbocycles. The van der Waals surface area contributed by atoms with Crippen molar-refractivity contribution < 1.29 is 28.7 Å². The number of rotatable bonds is 14. The number of carbonyl (C=O) groups is 3. The molecule has 5 rings (SSSR count). The Morgan fingerprint density at radius 1 is 0.865 bits per heavy atom. The van der Waals surface area contributed by atoms with Crippen LogP contribution in [0.2, 0.25) is 18.1 Å². The Balaban J connectivity index is 1.82. The van der Waals surface area contributed by atoms with E-state index in [-0.39, 0.29) is 41.8 Å². The van der Waals surface area contributed by atoms with Crippen molar-refractivity contribution in [2.75, 3.05) is 6.61 Å². The van der Waals surface area contributed by atoms with Crippen LogP contribution in [0, 0.1) is 5.92 Å². The maximum atomic E-state index is 15.0. The molecule has 9 heteroatoms. The van der Waals surface area contributed by atoms with Gasteiger partial charge in [0, 0.05) is 18.9 Å². The van der Waals surface area contributed by atoms with Gasteiger partial charge in [0.2, 0.25) is 5.91 Å². The maximum Gasteiger partial charge on any atom is 0.356 e. The Morgan fingerprint density at radius 3 is 1.77 bits per heavy atom. The first kappa shape index (κ1) is 38.9. The van der Waals surface area contributed by atoms with Crippen LogP contribution in [0.5, 0.6) is 0 Å². The molecule has 0 saturated carbocycles. The Morgan fingerprint density at radius 2 is 1.35 bits per heavy atom. The average Bonchev–Trinajstić information content (AvgIpc) is 3.14. The lowest BCUT2D eigenvalue weighted by Gasteiger charge is -2.53. The Hall–Kier alpha value is -4.33. The summed E-state index contributed by atoms with van der Waals surface area (Å²) in [6, 6.07) is 35.6. The standard InChI is InChI=1S/C43H50NO6PSi/c1-8-28-49-42(48)41(51(34-18-12-9-13-19-34,35-20-14-10-15-21-35)36-22-16-11-17-23-36)44-37(29-38(46)33-26-24-32(30-45)25-27-33)39(40(44)47)31(2)50-52(6,7)43(3,4)5/h8-27,31,37,39,45H,1,28-30H2,2-7H3/t31-,37-,39-/m1/s1. The number of hydrogen-bond donors (Lipinski definition) is 1. The Bertz CT molecular complexity index is 1840. The third kappa shape index (κ3) is 7.58. The minimum atomic E-state index is -3.16. The molecule has 1 aliphatic rings. The van der Waals surface area contributed by atoms with Crippen molar-refractivity contribution >= 4 is 54.2 Å². The zero-order valence-electron chi connectivity index (χ0n) is 31.0. The van der Waals surface area contributed by atoms with Crippen LogP contribution in [-0.4, -0.2) is 60.2 Å². The molecule has 1 aliphatic heterocycles. The van der Waals surface area contributed by atoms with Gasteiger partial charge in [0.05, 0.1) is 24.7 Å². The van der Waals surface area contributed by atoms with E-state index in [9.17, 15) is 14.7 Å². The van der Waals surface area contributed by atoms with Crippen LogP contribution in [0.3, 0.4) is 0 Å². The highest BCUT2D eigenvalue weighted by molar-refractivity contribution is 7.96. The summed E-state index contributed by atoms with van der Waals surface area (Å²) >= 11 is 0. The van der Waals surface area contributed by atoms with E-state index >= 15 is 4.79 Å². The molecule has 0 aromatic heterocycles. The van der Waals surface area contributed by atoms with Crippen molar-refractivity contribution in [2.24, 2.45) is 5.92 Å². The number of esters is 1. The largest absolute Gasteiger partial charge is 0.457 e. The number of ether oxygens (including phenoxy) is 1. The highest BCUT2D eigenvalue weighted by Crippen LogP contribution is 2.50. The lowest BCUT2D eigenvalue weighted by molar-refractivity contribution is -0.156. The fourth-order valence-corrected chi connectivity index (χ4v) is 12.6. The fourth-order valence-electron chi connectivity index (χ4n) is 6.74. The lowest BCUT2D eigenvalue weighted by atomic mass is 9.79. The zero-order chi connectivity index (χ0) is 37.7. The summed E-state index contributed by atoms with van der Waals surface area (Å²) in [5, 5.41) is 12.1. The number of β-lactam (4-membered cyclic amide) rings is 1. The van der Waals surface area contributed by atoms with Gasteiger partial charge in [-0.1, -0.05) is 149 Å². The Labute approximate surface area is 309 Å². The van der Waals surface area contributed by atoms with Crippen LogP contribution in [0.4, 0.5) is 0 Å². The number of carbonyl (C=O) groups excluding carboxylic acids is 3. The predicted molar refractivity (Wildman–Crippen MR) is 214 cm³/mol. The van der Waals surface area contributed by atoms with Crippen molar-refractivity contribution in [1.82, 2.24) is 4.90 Å². The molecule has 0 spiro atoms. The van der Waals surface area contributed by atoms with Crippen LogP contribution in [0.25, 0.3) is 0 Å². The van der Waals surface area contributed by atoms with Crippen molar-refractivity contribution in [3.8, 4) is 0 Å². The van der Waals surface area contributed by atoms with E-state index in [1.54, 1.807) is 29.2 Å². The molecule has 4 aromatic carbocycles. The third-order valence-corrected chi connectivity index (χ3v) is 19.2. The molecular formula is C43H50NO6PSi. The van der Waals surface area contributed by atoms with E-state index < -0.39 is 39.2 Å². The van der Waals surface area contributed by atoms with Crippen LogP contribution < -0.4 is 15.9 Å². The molecule has 1 heterocycles. The molecule has 3 atom stereocenters. The summed E-state index contributed by atoms with van der Waals surface area (Å²) in [6.45, 7) is 13.1. The van der Waals surface area contributed by atoms with E-state index in [0.29, 0.717) is 11.1 Å². The molecule has 1 saturated heterocycles. The number of aliphatic hydroxyl groups is 1. The third-order valence-electron chi connectivity index (χ3n) is 10.4. The second-order valence-corrected chi connectivity index (χ2v) is 22.8. The van der Waals surface area contributed by atoms with Gasteiger partial charge in [-0.05, 0) is 46.5 Å². The molecule has 1 N–H and O–H groups in total. The first-order chi connectivity index (χ1) is 24.8. The van der Waals surface area contributed by atoms with Crippen LogP contribution in [0.1, 0.15) is 50.0 Å². The van der Waals surface area contributed by atoms with E-state index in [4.69, 9.17) is 9.16 Å². The first-order valence-electron chi connectivity index (χ1n) is 17.7. The number of aliphatic hydroxyl groups excluding tert-OH is 1. The normalized spacial score (nSPS) is 16.8. The quantitative estimate of drug-likeness (QED) is 0.0381. The number of benzene rings is 4. The minimum Gasteiger partial charge on any atom is -0.457 e. The van der Waals surface area contributed by atoms with Crippen molar-refractivity contribution in [2.45, 2.75) is 71.0 Å². The number of ketones is 1. The van der Waals surface area contributed by atoms with Crippen molar-refractivity contribution in [1.29, 1.82) is 0 Å². The van der Waals surface area contributed by atoms with E-state index in [1.807, 2.05) is 97.9 Å². The summed E-state index contributed by atoms with van der Waals surface area (Å²) in [4.78, 5) is 45.6. The topological polar surface area (TPSA) is 93.1 Å². The predicted octanol–water partition coefficient (Wildman–Crippen LogP) is 6.84. The second kappa shape index (κ2) is 16.1. The number of nitrogens with zero attached hydrogens (tertiary/aromatic N) is 1. The second-order valence-electron chi connectivity index (χ2n) is 14.8. The molecule has 1 fully saturated rings. The van der Waals surface area contributed by atoms with Gasteiger partial charge in [-0.25, -0.2) is 4.79 Å². The van der Waals surface area contributed by atoms with Gasteiger partial charge in [0.25, 0.3) is 0 Å². The SMILES string of the molecule is C=CCOC(=O)C(N1C(=O)[C@H]([C@@H](C)O[Si](C)(C)C(C)(C)C)[C@H]1CC(=O)c1ccc(CO)cc1)=P(c1ccccc1)(c1ccccc1)c1ccccc1. The molecule has 0 bridgehead atoms. The molecule has 1 amide bonds. The van der Waals surface area contributed by atoms with Gasteiger partial charge in [0.1, 0.15) is 12.0 Å². The van der Waals surface area contributed by atoms with E-state index in [2.05, 4.69) is 40.4 Å². The number of amides is 1. The number of likely N-dealkylation sites (tertiary alicyclic amines) is 1. The number of Topliss-reactive ketones (excluding diaryl/α,β-unsaturated/α-hetero) is 1. The van der Waals surface area contributed by atoms with Gasteiger partial charge in [-0.15, -0.1) is 0 Å². The molecule has 4 aromatic rings. The summed E-state index contributed by atoms with van der Waals surface area (Å²) in [7, 11) is -2.35. The summed E-state index contributed by atoms with van der Waals surface area (Å²) < 4.78 is 12.8. The van der Waals surface area contributed by atoms with Crippen molar-refractivity contribution in [3.05, 3.63) is 139 Å². The highest BCUT2D eigenvalue weighted by Gasteiger charge is 2.57. The van der Waals surface area contributed by atoms with Crippen molar-refractivity contribution in [3.63, 3.8) is 0 Å². The molecule has 7 nitrogen and oxygen atoms in total. The van der Waals surface area contributed by atoms with Gasteiger partial charge in [-0.2, -0.15) is 0 Å². The highest BCUT2D eigenvalue weighted by atomic mass is 31.2. The van der Waals surface area contributed by atoms with Crippen LogP contribution >= 0.6 is 6.89 Å². The fraction of sp³-hybridized carbons (Fsp3) is 0.302. The van der Waals surface area contributed by atoms with Gasteiger partial charge >= 0.3 is 5.97 Å². The lowest BCUT2D eigenvalue weighted by Crippen LogP contribution is -2.69. The van der Waals surface area contributed by atoms with Gasteiger partial charge < -0.3 is 19.2 Å². The zero-order valence-corrected chi connectivity index (χ0v) is 32.9. The van der Waals surface area contributed by atoms with Crippen LogP contribution in [-0.2, 0) is 25.4 Å². The Kier molecular flexibility index (Phi) is 12.1. The smallest absolute Gasteiger partial charge is 0.356 e. The summed E-state index contributed by atoms with van der Waals surface area (Å²) in [5.74, 6) is -1.80. The molecule has 52 heavy (non-hydrogen) atoms. The summed E-state index contributed by atoms with van der Waals surface area (Å²) in [5.41, 5.74) is 1.36. The van der Waals surface area contributed by atoms with Gasteiger partial charge in [0.15, 0.2) is 14.1 Å². The van der Waals surface area contributed by atoms with Crippen LogP contribution in [0.15, 0.2) is 128 Å². The minimum absolute atomic E-state index is 0.0450. The maximum absolute atomic E-state index is 15.0. The molecular weight excluding hydrogens is 686 g/mol. The van der Waals surface area contributed by atoms with Gasteiger partial charge in [-0.3, -0.25) is 9.59 Å². The average molecular weight is 736 g/mol. The van der Waals surface area contributed by atoms with E-state index in [1.165, 1.54) is 6.08 Å². The first-order valence-corrected chi connectivity index (χ1v) is 22.4. The van der Waals surface area contributed by atoms with E-state index in [0.717, 1.165) is 15.9 Å². The molecule has 0 radical (unpaired) electrons.